The zero-order valence-corrected chi connectivity index (χ0v) is 7.87. The number of nitrogens with two attached hydrogens (primary N) is 1. The highest BCUT2D eigenvalue weighted by atomic mass is 19.1. The quantitative estimate of drug-likeness (QED) is 0.632. The van der Waals surface area contributed by atoms with Crippen LogP contribution >= 0.6 is 0 Å². The summed E-state index contributed by atoms with van der Waals surface area (Å²) < 4.78 is 31.2. The lowest BCUT2D eigenvalue weighted by molar-refractivity contribution is 0.445. The van der Waals surface area contributed by atoms with Gasteiger partial charge >= 0.3 is 0 Å². The number of nitrogen functional groups attached to an aromatic ring is 1. The molecule has 6 heteroatoms. The lowest BCUT2D eigenvalue weighted by Crippen LogP contribution is -1.89. The van der Waals surface area contributed by atoms with Gasteiger partial charge in [0.2, 0.25) is 5.88 Å². The minimum absolute atomic E-state index is 0.0437. The first kappa shape index (κ1) is 9.02. The van der Waals surface area contributed by atoms with Crippen LogP contribution in [0.3, 0.4) is 0 Å². The third-order valence-electron chi connectivity index (χ3n) is 2.36. The molecule has 0 unspecified atom stereocenters. The van der Waals surface area contributed by atoms with Crippen molar-refractivity contribution in [3.8, 4) is 0 Å². The molecule has 0 saturated carbocycles. The molecule has 0 aliphatic rings. The van der Waals surface area contributed by atoms with Gasteiger partial charge in [0.05, 0.1) is 5.39 Å². The van der Waals surface area contributed by atoms with Crippen molar-refractivity contribution in [3.05, 3.63) is 30.0 Å². The Bertz CT molecular complexity index is 708. The normalized spacial score (nSPS) is 11.4. The SMILES string of the molecule is Nc1onc2c1cnc1c(F)cc(F)cc12. The summed E-state index contributed by atoms with van der Waals surface area (Å²) in [4.78, 5) is 3.86. The van der Waals surface area contributed by atoms with Gasteiger partial charge in [-0.2, -0.15) is 0 Å². The van der Waals surface area contributed by atoms with Crippen LogP contribution in [0.2, 0.25) is 0 Å². The molecule has 0 fully saturated rings. The molecule has 0 saturated heterocycles. The Morgan fingerprint density at radius 1 is 1.12 bits per heavy atom. The summed E-state index contributed by atoms with van der Waals surface area (Å²) in [5.74, 6) is -1.35. The van der Waals surface area contributed by atoms with Gasteiger partial charge in [-0.1, -0.05) is 5.16 Å². The Morgan fingerprint density at radius 3 is 2.75 bits per heavy atom. The maximum absolute atomic E-state index is 13.4. The average molecular weight is 221 g/mol. The highest BCUT2D eigenvalue weighted by Gasteiger charge is 2.13. The van der Waals surface area contributed by atoms with Gasteiger partial charge in [-0.15, -0.1) is 0 Å². The summed E-state index contributed by atoms with van der Waals surface area (Å²) >= 11 is 0. The summed E-state index contributed by atoms with van der Waals surface area (Å²) in [6.45, 7) is 0. The molecule has 2 aromatic heterocycles. The van der Waals surface area contributed by atoms with Gasteiger partial charge in [0, 0.05) is 17.6 Å². The number of fused-ring (bicyclic) bond motifs is 3. The van der Waals surface area contributed by atoms with E-state index >= 15 is 0 Å². The van der Waals surface area contributed by atoms with Crippen LogP contribution < -0.4 is 5.73 Å². The van der Waals surface area contributed by atoms with Crippen molar-refractivity contribution in [2.75, 3.05) is 5.73 Å². The Balaban J connectivity index is 2.59. The lowest BCUT2D eigenvalue weighted by atomic mass is 10.1. The molecule has 0 radical (unpaired) electrons. The number of nitrogens with zero attached hydrogens (tertiary/aromatic N) is 2. The number of hydrogen-bond acceptors (Lipinski definition) is 4. The number of anilines is 1. The van der Waals surface area contributed by atoms with Gasteiger partial charge in [0.1, 0.15) is 16.9 Å². The highest BCUT2D eigenvalue weighted by molar-refractivity contribution is 6.05. The van der Waals surface area contributed by atoms with Crippen molar-refractivity contribution >= 4 is 27.7 Å². The third-order valence-corrected chi connectivity index (χ3v) is 2.36. The van der Waals surface area contributed by atoms with Gasteiger partial charge in [-0.3, -0.25) is 4.98 Å². The monoisotopic (exact) mass is 221 g/mol. The van der Waals surface area contributed by atoms with Crippen LogP contribution in [0.15, 0.2) is 22.9 Å². The summed E-state index contributed by atoms with van der Waals surface area (Å²) in [5.41, 5.74) is 5.84. The second kappa shape index (κ2) is 2.88. The van der Waals surface area contributed by atoms with Crippen molar-refractivity contribution < 1.29 is 13.3 Å². The number of hydrogen-bond donors (Lipinski definition) is 1. The first-order valence-corrected chi connectivity index (χ1v) is 4.45. The molecule has 0 bridgehead atoms. The molecular weight excluding hydrogens is 216 g/mol. The second-order valence-corrected chi connectivity index (χ2v) is 3.35. The molecule has 2 N–H and O–H groups in total. The van der Waals surface area contributed by atoms with Crippen LogP contribution in [0, 0.1) is 11.6 Å². The van der Waals surface area contributed by atoms with E-state index in [2.05, 4.69) is 10.1 Å². The summed E-state index contributed by atoms with van der Waals surface area (Å²) in [6, 6.07) is 1.92. The first-order chi connectivity index (χ1) is 7.66. The molecule has 80 valence electrons. The largest absolute Gasteiger partial charge is 0.367 e. The minimum Gasteiger partial charge on any atom is -0.367 e. The first-order valence-electron chi connectivity index (χ1n) is 4.45. The molecule has 0 amide bonds. The van der Waals surface area contributed by atoms with Gasteiger partial charge in [-0.05, 0) is 6.07 Å². The maximum Gasteiger partial charge on any atom is 0.231 e. The van der Waals surface area contributed by atoms with E-state index in [1.54, 1.807) is 0 Å². The molecule has 0 spiro atoms. The molecule has 2 heterocycles. The van der Waals surface area contributed by atoms with E-state index in [4.69, 9.17) is 10.3 Å². The summed E-state index contributed by atoms with van der Waals surface area (Å²) in [6.07, 6.45) is 1.35. The molecule has 3 rings (SSSR count). The highest BCUT2D eigenvalue weighted by Crippen LogP contribution is 2.28. The zero-order chi connectivity index (χ0) is 11.3. The van der Waals surface area contributed by atoms with Gasteiger partial charge in [0.15, 0.2) is 5.82 Å². The number of benzene rings is 1. The van der Waals surface area contributed by atoms with Crippen LogP contribution in [0.25, 0.3) is 21.8 Å². The van der Waals surface area contributed by atoms with Crippen LogP contribution in [0.4, 0.5) is 14.7 Å². The smallest absolute Gasteiger partial charge is 0.231 e. The standard InChI is InChI=1S/C10H5F2N3O/c11-4-1-5-8-6(10(13)16-15-8)3-14-9(5)7(12)2-4/h1-3H,13H2. The van der Waals surface area contributed by atoms with Crippen molar-refractivity contribution in [2.24, 2.45) is 0 Å². The summed E-state index contributed by atoms with van der Waals surface area (Å²) in [7, 11) is 0. The fraction of sp³-hybridized carbons (Fsp3) is 0. The molecule has 16 heavy (non-hydrogen) atoms. The van der Waals surface area contributed by atoms with Crippen LogP contribution in [0.1, 0.15) is 0 Å². The molecule has 0 aliphatic carbocycles. The van der Waals surface area contributed by atoms with E-state index in [1.807, 2.05) is 0 Å². The number of pyridine rings is 1. The van der Waals surface area contributed by atoms with Crippen LogP contribution in [0.5, 0.6) is 0 Å². The molecule has 0 aliphatic heterocycles. The predicted octanol–water partition coefficient (Wildman–Crippen LogP) is 2.24. The van der Waals surface area contributed by atoms with E-state index in [9.17, 15) is 8.78 Å². The molecule has 4 nitrogen and oxygen atoms in total. The molecule has 0 atom stereocenters. The van der Waals surface area contributed by atoms with E-state index in [-0.39, 0.29) is 16.8 Å². The maximum atomic E-state index is 13.4. The van der Waals surface area contributed by atoms with E-state index in [1.165, 1.54) is 6.20 Å². The fourth-order valence-electron chi connectivity index (χ4n) is 1.64. The lowest BCUT2D eigenvalue weighted by Gasteiger charge is -1.99. The Morgan fingerprint density at radius 2 is 1.94 bits per heavy atom. The minimum atomic E-state index is -0.738. The van der Waals surface area contributed by atoms with Gasteiger partial charge in [0.25, 0.3) is 0 Å². The Hall–Kier alpha value is -2.24. The van der Waals surface area contributed by atoms with E-state index in [0.717, 1.165) is 12.1 Å². The van der Waals surface area contributed by atoms with Crippen molar-refractivity contribution in [2.45, 2.75) is 0 Å². The average Bonchev–Trinajstić information content (AvgIpc) is 2.60. The second-order valence-electron chi connectivity index (χ2n) is 3.35. The number of halogens is 2. The van der Waals surface area contributed by atoms with Gasteiger partial charge in [-0.25, -0.2) is 8.78 Å². The van der Waals surface area contributed by atoms with Crippen LogP contribution in [-0.2, 0) is 0 Å². The Kier molecular flexibility index (Phi) is 1.62. The number of aromatic nitrogens is 2. The number of rotatable bonds is 0. The van der Waals surface area contributed by atoms with Crippen molar-refractivity contribution in [1.82, 2.24) is 10.1 Å². The Labute approximate surface area is 87.7 Å². The van der Waals surface area contributed by atoms with Gasteiger partial charge < -0.3 is 10.3 Å². The fourth-order valence-corrected chi connectivity index (χ4v) is 1.64. The molecule has 1 aromatic carbocycles. The molecular formula is C10H5F2N3O. The predicted molar refractivity (Wildman–Crippen MR) is 53.6 cm³/mol. The zero-order valence-electron chi connectivity index (χ0n) is 7.87. The van der Waals surface area contributed by atoms with Crippen LogP contribution in [-0.4, -0.2) is 10.1 Å². The molecule has 3 aromatic rings. The van der Waals surface area contributed by atoms with E-state index in [0.29, 0.717) is 10.9 Å². The van der Waals surface area contributed by atoms with E-state index < -0.39 is 11.6 Å². The summed E-state index contributed by atoms with van der Waals surface area (Å²) in [5, 5.41) is 4.34. The third kappa shape index (κ3) is 1.06. The van der Waals surface area contributed by atoms with Crippen molar-refractivity contribution in [3.63, 3.8) is 0 Å². The topological polar surface area (TPSA) is 64.9 Å². The van der Waals surface area contributed by atoms with Crippen molar-refractivity contribution in [1.29, 1.82) is 0 Å².